The second kappa shape index (κ2) is 5.35. The lowest BCUT2D eigenvalue weighted by Gasteiger charge is -2.37. The molecule has 3 rings (SSSR count). The van der Waals surface area contributed by atoms with Crippen LogP contribution < -0.4 is 5.73 Å². The highest BCUT2D eigenvalue weighted by atomic mass is 15.5. The third-order valence-corrected chi connectivity index (χ3v) is 4.70. The number of nitrogens with two attached hydrogens (primary N) is 1. The van der Waals surface area contributed by atoms with Gasteiger partial charge in [-0.15, -0.1) is 0 Å². The zero-order valence-electron chi connectivity index (χ0n) is 13.4. The number of nitrogens with zero attached hydrogens (tertiary/aromatic N) is 3. The summed E-state index contributed by atoms with van der Waals surface area (Å²) < 4.78 is 3.36. The smallest absolute Gasteiger partial charge is 0.144 e. The minimum atomic E-state index is 0.650. The van der Waals surface area contributed by atoms with Crippen molar-refractivity contribution in [2.45, 2.75) is 25.6 Å². The van der Waals surface area contributed by atoms with E-state index in [-0.39, 0.29) is 0 Å². The highest BCUT2D eigenvalue weighted by Crippen LogP contribution is 2.24. The Labute approximate surface area is 127 Å². The number of hydrogen-bond acceptors (Lipinski definition) is 2. The molecule has 2 aromatic rings. The summed E-state index contributed by atoms with van der Waals surface area (Å²) in [4.78, 5) is 2.64. The highest BCUT2D eigenvalue weighted by Gasteiger charge is 2.34. The van der Waals surface area contributed by atoms with Crippen LogP contribution in [-0.2, 0) is 6.54 Å². The van der Waals surface area contributed by atoms with Gasteiger partial charge >= 0.3 is 0 Å². The molecule has 1 saturated heterocycles. The van der Waals surface area contributed by atoms with E-state index in [9.17, 15) is 0 Å². The van der Waals surface area contributed by atoms with Crippen LogP contribution >= 0.6 is 0 Å². The molecule has 1 aromatic heterocycles. The molecule has 114 valence electrons. The Bertz CT molecular complexity index is 623. The van der Waals surface area contributed by atoms with Crippen LogP contribution in [0, 0.1) is 0 Å². The van der Waals surface area contributed by atoms with Gasteiger partial charge in [0, 0.05) is 43.3 Å². The Kier molecular flexibility index (Phi) is 3.68. The summed E-state index contributed by atoms with van der Waals surface area (Å²) in [6.07, 6.45) is 5.44. The zero-order chi connectivity index (χ0) is 15.0. The van der Waals surface area contributed by atoms with Crippen molar-refractivity contribution in [2.24, 2.45) is 0 Å². The molecule has 21 heavy (non-hydrogen) atoms. The molecule has 1 aliphatic heterocycles. The lowest BCUT2D eigenvalue weighted by atomic mass is 10.2. The van der Waals surface area contributed by atoms with Crippen LogP contribution in [0.5, 0.6) is 0 Å². The van der Waals surface area contributed by atoms with Crippen molar-refractivity contribution < 1.29 is 4.48 Å². The monoisotopic (exact) mass is 287 g/mol. The number of fused-ring (bicyclic) bond motifs is 1. The Morgan fingerprint density at radius 3 is 2.76 bits per heavy atom. The zero-order valence-corrected chi connectivity index (χ0v) is 13.4. The second-order valence-electron chi connectivity index (χ2n) is 7.06. The lowest BCUT2D eigenvalue weighted by Crippen LogP contribution is -2.52. The minimum absolute atomic E-state index is 0.650. The molecule has 4 heteroatoms. The van der Waals surface area contributed by atoms with Crippen molar-refractivity contribution in [1.29, 1.82) is 0 Å². The molecule has 1 aromatic carbocycles. The Morgan fingerprint density at radius 1 is 1.19 bits per heavy atom. The molecule has 0 radical (unpaired) electrons. The first kappa shape index (κ1) is 14.4. The van der Waals surface area contributed by atoms with Gasteiger partial charge in [-0.3, -0.25) is 4.90 Å². The summed E-state index contributed by atoms with van der Waals surface area (Å²) in [5.41, 5.74) is 8.16. The van der Waals surface area contributed by atoms with Gasteiger partial charge in [0.2, 0.25) is 0 Å². The molecule has 2 N–H and O–H groups in total. The third-order valence-electron chi connectivity index (χ3n) is 4.70. The fraction of sp³-hybridized carbons (Fsp3) is 0.529. The molecule has 0 aliphatic carbocycles. The summed E-state index contributed by atoms with van der Waals surface area (Å²) in [5, 5.41) is 1.17. The molecular formula is C17H27N4+. The van der Waals surface area contributed by atoms with Crippen LogP contribution in [0.15, 0.2) is 30.5 Å². The van der Waals surface area contributed by atoms with Crippen LogP contribution in [0.2, 0.25) is 0 Å². The van der Waals surface area contributed by atoms with Gasteiger partial charge in [-0.2, -0.15) is 0 Å². The molecule has 0 saturated carbocycles. The van der Waals surface area contributed by atoms with Gasteiger partial charge in [0.05, 0.1) is 26.7 Å². The van der Waals surface area contributed by atoms with E-state index in [2.05, 4.69) is 48.9 Å². The lowest BCUT2D eigenvalue weighted by molar-refractivity contribution is -0.906. The van der Waals surface area contributed by atoms with Gasteiger partial charge in [0.25, 0.3) is 0 Å². The number of benzene rings is 1. The van der Waals surface area contributed by atoms with E-state index < -0.39 is 0 Å². The Balaban J connectivity index is 1.73. The topological polar surface area (TPSA) is 34.2 Å². The van der Waals surface area contributed by atoms with Crippen molar-refractivity contribution in [3.8, 4) is 0 Å². The summed E-state index contributed by atoms with van der Waals surface area (Å²) in [6, 6.07) is 8.30. The summed E-state index contributed by atoms with van der Waals surface area (Å²) in [5.74, 6) is 0. The number of hydrogen-bond donors (Lipinski definition) is 1. The van der Waals surface area contributed by atoms with Gasteiger partial charge in [-0.05, 0) is 24.6 Å². The molecule has 2 heterocycles. The molecule has 1 atom stereocenters. The number of rotatable bonds is 4. The maximum atomic E-state index is 6.04. The standard InChI is InChI=1S/C17H27N4/c1-21(2,3)17-8-5-10-20(17)13-12-19-11-9-14-15(18)6-4-7-16(14)19/h4,6-7,9,11,17H,5,8,10,12-13,18H2,1-3H3/q+1. The predicted octanol–water partition coefficient (Wildman–Crippen LogP) is 2.35. The fourth-order valence-electron chi connectivity index (χ4n) is 3.62. The fourth-order valence-corrected chi connectivity index (χ4v) is 3.62. The van der Waals surface area contributed by atoms with E-state index in [1.54, 1.807) is 0 Å². The van der Waals surface area contributed by atoms with Crippen molar-refractivity contribution >= 4 is 16.6 Å². The quantitative estimate of drug-likeness (QED) is 0.692. The molecule has 0 amide bonds. The Hall–Kier alpha value is -1.52. The molecule has 0 spiro atoms. The molecule has 1 fully saturated rings. The van der Waals surface area contributed by atoms with Crippen LogP contribution in [0.25, 0.3) is 10.9 Å². The van der Waals surface area contributed by atoms with Gasteiger partial charge in [-0.25, -0.2) is 0 Å². The third kappa shape index (κ3) is 2.78. The SMILES string of the molecule is C[N+](C)(C)C1CCCN1CCn1ccc2c(N)cccc21. The van der Waals surface area contributed by atoms with Crippen molar-refractivity contribution in [1.82, 2.24) is 9.47 Å². The van der Waals surface area contributed by atoms with Crippen molar-refractivity contribution in [3.63, 3.8) is 0 Å². The van der Waals surface area contributed by atoms with Crippen LogP contribution in [0.3, 0.4) is 0 Å². The van der Waals surface area contributed by atoms with E-state index in [0.717, 1.165) is 23.3 Å². The average Bonchev–Trinajstić information content (AvgIpc) is 3.02. The van der Waals surface area contributed by atoms with E-state index in [4.69, 9.17) is 5.73 Å². The van der Waals surface area contributed by atoms with Crippen molar-refractivity contribution in [2.75, 3.05) is 40.0 Å². The van der Waals surface area contributed by atoms with Crippen LogP contribution in [0.1, 0.15) is 12.8 Å². The molecule has 0 bridgehead atoms. The summed E-state index contributed by atoms with van der Waals surface area (Å²) in [6.45, 7) is 3.36. The number of nitrogen functional groups attached to an aromatic ring is 1. The van der Waals surface area contributed by atoms with E-state index in [0.29, 0.717) is 6.17 Å². The maximum absolute atomic E-state index is 6.04. The van der Waals surface area contributed by atoms with Gasteiger partial charge < -0.3 is 14.8 Å². The van der Waals surface area contributed by atoms with E-state index >= 15 is 0 Å². The van der Waals surface area contributed by atoms with Gasteiger partial charge in [0.1, 0.15) is 6.17 Å². The number of likely N-dealkylation sites (tertiary alicyclic amines) is 1. The first-order chi connectivity index (χ1) is 9.97. The van der Waals surface area contributed by atoms with Gasteiger partial charge in [0.15, 0.2) is 0 Å². The van der Waals surface area contributed by atoms with Crippen molar-refractivity contribution in [3.05, 3.63) is 30.5 Å². The van der Waals surface area contributed by atoms with Gasteiger partial charge in [-0.1, -0.05) is 6.07 Å². The normalized spacial score (nSPS) is 20.4. The second-order valence-corrected chi connectivity index (χ2v) is 7.06. The predicted molar refractivity (Wildman–Crippen MR) is 89.0 cm³/mol. The first-order valence-electron chi connectivity index (χ1n) is 7.85. The van der Waals surface area contributed by atoms with Crippen LogP contribution in [-0.4, -0.2) is 54.3 Å². The number of anilines is 1. The molecule has 4 nitrogen and oxygen atoms in total. The molecular weight excluding hydrogens is 260 g/mol. The first-order valence-corrected chi connectivity index (χ1v) is 7.85. The number of quaternary nitrogens is 1. The van der Waals surface area contributed by atoms with E-state index in [1.807, 2.05) is 12.1 Å². The number of aromatic nitrogens is 1. The maximum Gasteiger partial charge on any atom is 0.144 e. The Morgan fingerprint density at radius 2 is 2.00 bits per heavy atom. The highest BCUT2D eigenvalue weighted by molar-refractivity contribution is 5.91. The van der Waals surface area contributed by atoms with Crippen LogP contribution in [0.4, 0.5) is 5.69 Å². The largest absolute Gasteiger partial charge is 0.398 e. The molecule has 1 unspecified atom stereocenters. The molecule has 1 aliphatic rings. The average molecular weight is 287 g/mol. The summed E-state index contributed by atoms with van der Waals surface area (Å²) >= 11 is 0. The van der Waals surface area contributed by atoms with E-state index in [1.165, 1.54) is 30.3 Å². The minimum Gasteiger partial charge on any atom is -0.398 e. The summed E-state index contributed by atoms with van der Waals surface area (Å²) in [7, 11) is 6.90.